The van der Waals surface area contributed by atoms with Gasteiger partial charge < -0.3 is 25.0 Å². The Bertz CT molecular complexity index is 1270. The Balaban J connectivity index is 1.47. The molecular weight excluding hydrogens is 474 g/mol. The molecule has 0 saturated carbocycles. The summed E-state index contributed by atoms with van der Waals surface area (Å²) in [5.74, 6) is -2.22. The molecule has 1 saturated heterocycles. The van der Waals surface area contributed by atoms with Crippen molar-refractivity contribution in [3.63, 3.8) is 0 Å². The summed E-state index contributed by atoms with van der Waals surface area (Å²) in [7, 11) is 0. The van der Waals surface area contributed by atoms with Gasteiger partial charge in [-0.15, -0.1) is 0 Å². The van der Waals surface area contributed by atoms with Gasteiger partial charge >= 0.3 is 0 Å². The maximum absolute atomic E-state index is 14.1. The highest BCUT2D eigenvalue weighted by atomic mass is 19.1. The van der Waals surface area contributed by atoms with Crippen LogP contribution in [-0.4, -0.2) is 56.9 Å². The topological polar surface area (TPSA) is 133 Å². The minimum Gasteiger partial charge on any atom is -0.361 e. The van der Waals surface area contributed by atoms with Gasteiger partial charge in [-0.3, -0.25) is 14.4 Å². The molecule has 0 bridgehead atoms. The van der Waals surface area contributed by atoms with E-state index in [1.54, 1.807) is 18.7 Å². The second-order valence-electron chi connectivity index (χ2n) is 8.68. The molecule has 2 unspecified atom stereocenters. The molecule has 3 amide bonds. The number of aromatic nitrogens is 3. The van der Waals surface area contributed by atoms with Crippen LogP contribution >= 0.6 is 0 Å². The Labute approximate surface area is 205 Å². The van der Waals surface area contributed by atoms with E-state index < -0.39 is 35.5 Å². The SMILES string of the molecule is Cc1cc(C(=O)NC(CC(=O)N2CCCC2)C(=O)NC(C)c2ncc(-c3ccc(F)cc3F)[nH]2)no1. The normalized spacial score (nSPS) is 14.9. The number of halogens is 2. The lowest BCUT2D eigenvalue weighted by atomic mass is 10.1. The lowest BCUT2D eigenvalue weighted by Gasteiger charge is -2.22. The van der Waals surface area contributed by atoms with E-state index in [-0.39, 0.29) is 23.6 Å². The zero-order valence-corrected chi connectivity index (χ0v) is 19.8. The van der Waals surface area contributed by atoms with Crippen LogP contribution in [0.15, 0.2) is 35.0 Å². The number of likely N-dealkylation sites (tertiary alicyclic amines) is 1. The van der Waals surface area contributed by atoms with Crippen molar-refractivity contribution in [1.82, 2.24) is 30.7 Å². The number of aromatic amines is 1. The number of H-pyrrole nitrogens is 1. The summed E-state index contributed by atoms with van der Waals surface area (Å²) in [4.78, 5) is 47.3. The van der Waals surface area contributed by atoms with Gasteiger partial charge in [0.05, 0.1) is 24.4 Å². The second-order valence-corrected chi connectivity index (χ2v) is 8.68. The number of imidazole rings is 1. The number of carbonyl (C=O) groups is 3. The van der Waals surface area contributed by atoms with Gasteiger partial charge in [-0.05, 0) is 38.8 Å². The first kappa shape index (κ1) is 25.0. The van der Waals surface area contributed by atoms with Crippen molar-refractivity contribution in [2.75, 3.05) is 13.1 Å². The van der Waals surface area contributed by atoms with E-state index in [1.165, 1.54) is 18.3 Å². The largest absolute Gasteiger partial charge is 0.361 e. The van der Waals surface area contributed by atoms with Crippen molar-refractivity contribution in [3.05, 3.63) is 59.4 Å². The van der Waals surface area contributed by atoms with Crippen LogP contribution in [0.2, 0.25) is 0 Å². The minimum absolute atomic E-state index is 0.0102. The third-order valence-corrected chi connectivity index (χ3v) is 5.91. The molecule has 1 aliphatic rings. The first-order valence-corrected chi connectivity index (χ1v) is 11.5. The maximum Gasteiger partial charge on any atom is 0.274 e. The summed E-state index contributed by atoms with van der Waals surface area (Å²) in [6, 6.07) is 2.76. The van der Waals surface area contributed by atoms with Crippen LogP contribution in [0.5, 0.6) is 0 Å². The third-order valence-electron chi connectivity index (χ3n) is 5.91. The van der Waals surface area contributed by atoms with Gasteiger partial charge in [-0.1, -0.05) is 5.16 Å². The third kappa shape index (κ3) is 5.75. The summed E-state index contributed by atoms with van der Waals surface area (Å²) in [6.07, 6.45) is 2.92. The second kappa shape index (κ2) is 10.7. The quantitative estimate of drug-likeness (QED) is 0.436. The Morgan fingerprint density at radius 3 is 2.58 bits per heavy atom. The smallest absolute Gasteiger partial charge is 0.274 e. The average molecular weight is 501 g/mol. The Morgan fingerprint density at radius 2 is 1.92 bits per heavy atom. The molecule has 2 aromatic heterocycles. The van der Waals surface area contributed by atoms with Gasteiger partial charge in [-0.2, -0.15) is 0 Å². The van der Waals surface area contributed by atoms with Gasteiger partial charge in [0.15, 0.2) is 5.69 Å². The zero-order valence-electron chi connectivity index (χ0n) is 19.8. The summed E-state index contributed by atoms with van der Waals surface area (Å²) in [5, 5.41) is 8.95. The molecule has 1 aromatic carbocycles. The number of hydrogen-bond donors (Lipinski definition) is 3. The number of benzene rings is 1. The molecular formula is C24H26F2N6O4. The highest BCUT2D eigenvalue weighted by molar-refractivity contribution is 5.97. The Morgan fingerprint density at radius 1 is 1.17 bits per heavy atom. The minimum atomic E-state index is -1.17. The van der Waals surface area contributed by atoms with Crippen LogP contribution < -0.4 is 10.6 Å². The maximum atomic E-state index is 14.1. The van der Waals surface area contributed by atoms with Crippen molar-refractivity contribution < 1.29 is 27.7 Å². The lowest BCUT2D eigenvalue weighted by Crippen LogP contribution is -2.50. The number of amides is 3. The lowest BCUT2D eigenvalue weighted by molar-refractivity contribution is -0.134. The molecule has 190 valence electrons. The molecule has 10 nitrogen and oxygen atoms in total. The Kier molecular flexibility index (Phi) is 7.41. The van der Waals surface area contributed by atoms with Crippen LogP contribution in [0, 0.1) is 18.6 Å². The van der Waals surface area contributed by atoms with Crippen molar-refractivity contribution >= 4 is 17.7 Å². The van der Waals surface area contributed by atoms with Gasteiger partial charge in [0.1, 0.15) is 29.3 Å². The molecule has 0 radical (unpaired) electrons. The molecule has 0 aliphatic carbocycles. The molecule has 3 heterocycles. The van der Waals surface area contributed by atoms with Gasteiger partial charge in [0.2, 0.25) is 11.8 Å². The van der Waals surface area contributed by atoms with Crippen LogP contribution in [-0.2, 0) is 9.59 Å². The van der Waals surface area contributed by atoms with Gasteiger partial charge in [0.25, 0.3) is 5.91 Å². The molecule has 4 rings (SSSR count). The molecule has 12 heteroatoms. The number of carbonyl (C=O) groups excluding carboxylic acids is 3. The number of aryl methyl sites for hydroxylation is 1. The van der Waals surface area contributed by atoms with Gasteiger partial charge in [0, 0.05) is 30.8 Å². The summed E-state index contributed by atoms with van der Waals surface area (Å²) >= 11 is 0. The van der Waals surface area contributed by atoms with E-state index in [4.69, 9.17) is 4.52 Å². The van der Waals surface area contributed by atoms with E-state index in [9.17, 15) is 23.2 Å². The van der Waals surface area contributed by atoms with Gasteiger partial charge in [-0.25, -0.2) is 13.8 Å². The molecule has 2 atom stereocenters. The van der Waals surface area contributed by atoms with Crippen molar-refractivity contribution in [2.45, 2.75) is 45.2 Å². The fourth-order valence-electron chi connectivity index (χ4n) is 3.97. The molecule has 1 aliphatic heterocycles. The zero-order chi connectivity index (χ0) is 25.8. The molecule has 3 N–H and O–H groups in total. The molecule has 3 aromatic rings. The summed E-state index contributed by atoms with van der Waals surface area (Å²) in [6.45, 7) is 4.48. The Hall–Kier alpha value is -4.09. The first-order valence-electron chi connectivity index (χ1n) is 11.5. The van der Waals surface area contributed by atoms with Crippen molar-refractivity contribution in [3.8, 4) is 11.3 Å². The van der Waals surface area contributed by atoms with E-state index in [0.717, 1.165) is 25.0 Å². The molecule has 1 fully saturated rings. The fourth-order valence-corrected chi connectivity index (χ4v) is 3.97. The van der Waals surface area contributed by atoms with Crippen molar-refractivity contribution in [2.24, 2.45) is 0 Å². The fraction of sp³-hybridized carbons (Fsp3) is 0.375. The average Bonchev–Trinajstić information content (AvgIpc) is 3.60. The van der Waals surface area contributed by atoms with Crippen LogP contribution in [0.25, 0.3) is 11.3 Å². The standard InChI is InChI=1S/C24H26F2N6O4/c1-13-9-19(31-36-13)24(35)30-18(11-21(33)32-7-3-4-8-32)23(34)28-14(2)22-27-12-20(29-22)16-6-5-15(25)10-17(16)26/h5-6,9-10,12,14,18H,3-4,7-8,11H2,1-2H3,(H,27,29)(H,28,34)(H,30,35). The van der Waals surface area contributed by atoms with E-state index >= 15 is 0 Å². The molecule has 0 spiro atoms. The number of nitrogens with zero attached hydrogens (tertiary/aromatic N) is 3. The van der Waals surface area contributed by atoms with Crippen LogP contribution in [0.3, 0.4) is 0 Å². The van der Waals surface area contributed by atoms with Crippen LogP contribution in [0.4, 0.5) is 8.78 Å². The van der Waals surface area contributed by atoms with Crippen LogP contribution in [0.1, 0.15) is 54.3 Å². The first-order chi connectivity index (χ1) is 17.2. The predicted molar refractivity (Wildman–Crippen MR) is 123 cm³/mol. The predicted octanol–water partition coefficient (Wildman–Crippen LogP) is 2.64. The van der Waals surface area contributed by atoms with E-state index in [2.05, 4.69) is 25.8 Å². The number of hydrogen-bond acceptors (Lipinski definition) is 6. The molecule has 36 heavy (non-hydrogen) atoms. The monoisotopic (exact) mass is 500 g/mol. The highest BCUT2D eigenvalue weighted by Gasteiger charge is 2.30. The summed E-state index contributed by atoms with van der Waals surface area (Å²) in [5.41, 5.74) is 0.418. The van der Waals surface area contributed by atoms with E-state index in [0.29, 0.717) is 30.4 Å². The number of rotatable bonds is 8. The highest BCUT2D eigenvalue weighted by Crippen LogP contribution is 2.23. The van der Waals surface area contributed by atoms with Crippen molar-refractivity contribution in [1.29, 1.82) is 0 Å². The van der Waals surface area contributed by atoms with E-state index in [1.807, 2.05) is 0 Å². The number of nitrogens with one attached hydrogen (secondary N) is 3. The summed E-state index contributed by atoms with van der Waals surface area (Å²) < 4.78 is 32.3.